The van der Waals surface area contributed by atoms with E-state index in [9.17, 15) is 9.18 Å². The molecule has 0 radical (unpaired) electrons. The van der Waals surface area contributed by atoms with E-state index in [0.717, 1.165) is 0 Å². The van der Waals surface area contributed by atoms with Crippen LogP contribution in [0.2, 0.25) is 0 Å². The molecule has 6 heteroatoms. The largest absolute Gasteiger partial charge is 0.494 e. The Kier molecular flexibility index (Phi) is 4.83. The maximum Gasteiger partial charge on any atom is 0.251 e. The normalized spacial score (nSPS) is 17.6. The summed E-state index contributed by atoms with van der Waals surface area (Å²) in [6.45, 7) is 1.14. The molecule has 1 fully saturated rings. The Morgan fingerprint density at radius 2 is 2.20 bits per heavy atom. The van der Waals surface area contributed by atoms with Gasteiger partial charge in [-0.1, -0.05) is 0 Å². The molecule has 1 saturated heterocycles. The Morgan fingerprint density at radius 3 is 2.80 bits per heavy atom. The van der Waals surface area contributed by atoms with Gasteiger partial charge < -0.3 is 14.8 Å². The number of carbonyl (C=O) groups is 1. The van der Waals surface area contributed by atoms with Gasteiger partial charge in [0.15, 0.2) is 11.6 Å². The van der Waals surface area contributed by atoms with E-state index in [-0.39, 0.29) is 11.7 Å². The second-order valence-corrected chi connectivity index (χ2v) is 5.10. The van der Waals surface area contributed by atoms with Gasteiger partial charge in [0.05, 0.1) is 12.6 Å². The number of alkyl halides is 1. The minimum Gasteiger partial charge on any atom is -0.494 e. The van der Waals surface area contributed by atoms with Gasteiger partial charge in [0.1, 0.15) is 0 Å². The van der Waals surface area contributed by atoms with E-state index in [1.807, 2.05) is 0 Å². The maximum absolute atomic E-state index is 13.3. The zero-order chi connectivity index (χ0) is 14.6. The molecule has 0 aliphatic carbocycles. The number of halogens is 2. The van der Waals surface area contributed by atoms with Gasteiger partial charge in [-0.3, -0.25) is 4.79 Å². The summed E-state index contributed by atoms with van der Waals surface area (Å²) in [5, 5.41) is 2.94. The molecule has 0 aromatic heterocycles. The number of carbonyl (C=O) groups excluding carboxylic acids is 1. The van der Waals surface area contributed by atoms with Gasteiger partial charge in [-0.15, -0.1) is 11.6 Å². The van der Waals surface area contributed by atoms with Crippen LogP contribution in [0.4, 0.5) is 4.39 Å². The fourth-order valence-electron chi connectivity index (χ4n) is 2.17. The zero-order valence-electron chi connectivity index (χ0n) is 11.2. The van der Waals surface area contributed by atoms with Crippen molar-refractivity contribution in [1.82, 2.24) is 5.32 Å². The van der Waals surface area contributed by atoms with Crippen molar-refractivity contribution < 1.29 is 18.7 Å². The first-order valence-corrected chi connectivity index (χ1v) is 6.93. The highest BCUT2D eigenvalue weighted by atomic mass is 35.5. The van der Waals surface area contributed by atoms with Crippen LogP contribution in [-0.2, 0) is 4.74 Å². The van der Waals surface area contributed by atoms with E-state index in [1.165, 1.54) is 25.3 Å². The van der Waals surface area contributed by atoms with Crippen LogP contribution in [0.15, 0.2) is 18.2 Å². The van der Waals surface area contributed by atoms with Crippen LogP contribution in [0, 0.1) is 5.82 Å². The summed E-state index contributed by atoms with van der Waals surface area (Å²) in [5.74, 6) is -0.418. The summed E-state index contributed by atoms with van der Waals surface area (Å²) in [4.78, 5) is 12.3. The highest BCUT2D eigenvalue weighted by molar-refractivity contribution is 6.19. The third-order valence-corrected chi connectivity index (χ3v) is 4.01. The van der Waals surface area contributed by atoms with Gasteiger partial charge in [-0.2, -0.15) is 0 Å². The molecule has 0 bridgehead atoms. The molecular weight excluding hydrogens is 285 g/mol. The number of benzene rings is 1. The lowest BCUT2D eigenvalue weighted by atomic mass is 9.92. The molecule has 0 atom stereocenters. The van der Waals surface area contributed by atoms with Crippen LogP contribution in [0.5, 0.6) is 5.75 Å². The predicted molar refractivity (Wildman–Crippen MR) is 73.9 cm³/mol. The molecule has 2 rings (SSSR count). The van der Waals surface area contributed by atoms with Gasteiger partial charge in [0.25, 0.3) is 5.91 Å². The number of nitrogens with one attached hydrogen (secondary N) is 1. The van der Waals surface area contributed by atoms with E-state index < -0.39 is 11.4 Å². The molecule has 20 heavy (non-hydrogen) atoms. The molecule has 1 N–H and O–H groups in total. The number of hydrogen-bond acceptors (Lipinski definition) is 3. The van der Waals surface area contributed by atoms with Gasteiger partial charge in [0.2, 0.25) is 0 Å². The smallest absolute Gasteiger partial charge is 0.251 e. The molecule has 0 spiro atoms. The molecule has 0 saturated carbocycles. The zero-order valence-corrected chi connectivity index (χ0v) is 12.0. The summed E-state index contributed by atoms with van der Waals surface area (Å²) < 4.78 is 23.5. The molecule has 4 nitrogen and oxygen atoms in total. The molecule has 1 aliphatic rings. The van der Waals surface area contributed by atoms with Gasteiger partial charge >= 0.3 is 0 Å². The molecule has 1 amide bonds. The van der Waals surface area contributed by atoms with E-state index in [4.69, 9.17) is 21.1 Å². The van der Waals surface area contributed by atoms with Gasteiger partial charge in [-0.25, -0.2) is 4.39 Å². The Bertz CT molecular complexity index is 489. The second kappa shape index (κ2) is 6.41. The van der Waals surface area contributed by atoms with Crippen LogP contribution < -0.4 is 10.1 Å². The molecule has 1 aromatic rings. The van der Waals surface area contributed by atoms with E-state index in [1.54, 1.807) is 0 Å². The Labute approximate surface area is 122 Å². The summed E-state index contributed by atoms with van der Waals surface area (Å²) in [6, 6.07) is 4.02. The highest BCUT2D eigenvalue weighted by Gasteiger charge is 2.33. The molecular formula is C14H17ClFNO3. The van der Waals surface area contributed by atoms with Crippen molar-refractivity contribution in [3.05, 3.63) is 29.6 Å². The van der Waals surface area contributed by atoms with Crippen molar-refractivity contribution in [2.75, 3.05) is 26.2 Å². The molecule has 0 unspecified atom stereocenters. The number of ether oxygens (including phenoxy) is 2. The standard InChI is InChI=1S/C14H17ClFNO3/c1-19-12-8-10(2-3-11(12)16)13(18)17-14(9-15)4-6-20-7-5-14/h2-3,8H,4-7,9H2,1H3,(H,17,18). The van der Waals surface area contributed by atoms with Crippen molar-refractivity contribution in [3.8, 4) is 5.75 Å². The van der Waals surface area contributed by atoms with E-state index >= 15 is 0 Å². The average Bonchev–Trinajstić information content (AvgIpc) is 2.48. The third-order valence-electron chi connectivity index (χ3n) is 3.50. The molecule has 1 aliphatic heterocycles. The van der Waals surface area contributed by atoms with Crippen molar-refractivity contribution in [1.29, 1.82) is 0 Å². The first kappa shape index (κ1) is 15.1. The SMILES string of the molecule is COc1cc(C(=O)NC2(CCl)CCOCC2)ccc1F. The first-order chi connectivity index (χ1) is 9.60. The number of hydrogen-bond donors (Lipinski definition) is 1. The quantitative estimate of drug-likeness (QED) is 0.869. The number of methoxy groups -OCH3 is 1. The van der Waals surface area contributed by atoms with Gasteiger partial charge in [0, 0.05) is 24.7 Å². The van der Waals surface area contributed by atoms with E-state index in [2.05, 4.69) is 5.32 Å². The summed E-state index contributed by atoms with van der Waals surface area (Å²) in [5.41, 5.74) is -0.113. The lowest BCUT2D eigenvalue weighted by molar-refractivity contribution is 0.0433. The van der Waals surface area contributed by atoms with Gasteiger partial charge in [-0.05, 0) is 31.0 Å². The van der Waals surface area contributed by atoms with Crippen molar-refractivity contribution in [2.45, 2.75) is 18.4 Å². The number of rotatable bonds is 4. The van der Waals surface area contributed by atoms with E-state index in [0.29, 0.717) is 37.5 Å². The maximum atomic E-state index is 13.3. The Morgan fingerprint density at radius 1 is 1.50 bits per heavy atom. The fourth-order valence-corrected chi connectivity index (χ4v) is 2.50. The lowest BCUT2D eigenvalue weighted by Crippen LogP contribution is -2.53. The monoisotopic (exact) mass is 301 g/mol. The topological polar surface area (TPSA) is 47.6 Å². The number of amides is 1. The lowest BCUT2D eigenvalue weighted by Gasteiger charge is -2.36. The molecule has 110 valence electrons. The summed E-state index contributed by atoms with van der Waals surface area (Å²) in [7, 11) is 1.36. The van der Waals surface area contributed by atoms with Crippen LogP contribution >= 0.6 is 11.6 Å². The molecule has 1 aromatic carbocycles. The van der Waals surface area contributed by atoms with Crippen LogP contribution in [0.3, 0.4) is 0 Å². The Balaban J connectivity index is 2.14. The summed E-state index contributed by atoms with van der Waals surface area (Å²) in [6.07, 6.45) is 1.33. The fraction of sp³-hybridized carbons (Fsp3) is 0.500. The Hall–Kier alpha value is -1.33. The van der Waals surface area contributed by atoms with Crippen molar-refractivity contribution in [3.63, 3.8) is 0 Å². The minimum atomic E-state index is -0.498. The highest BCUT2D eigenvalue weighted by Crippen LogP contribution is 2.24. The minimum absolute atomic E-state index is 0.0459. The summed E-state index contributed by atoms with van der Waals surface area (Å²) >= 11 is 6.00. The first-order valence-electron chi connectivity index (χ1n) is 6.40. The van der Waals surface area contributed by atoms with Crippen molar-refractivity contribution >= 4 is 17.5 Å². The van der Waals surface area contributed by atoms with Crippen LogP contribution in [-0.4, -0.2) is 37.6 Å². The third kappa shape index (κ3) is 3.22. The average molecular weight is 302 g/mol. The van der Waals surface area contributed by atoms with Crippen LogP contribution in [0.25, 0.3) is 0 Å². The van der Waals surface area contributed by atoms with Crippen molar-refractivity contribution in [2.24, 2.45) is 0 Å². The predicted octanol–water partition coefficient (Wildman–Crippen LogP) is 2.35. The molecule has 1 heterocycles. The van der Waals surface area contributed by atoms with Crippen LogP contribution in [0.1, 0.15) is 23.2 Å². The second-order valence-electron chi connectivity index (χ2n) is 4.83.